The Labute approximate surface area is 132 Å². The van der Waals surface area contributed by atoms with Crippen LogP contribution in [0, 0.1) is 11.8 Å². The number of halogens is 1. The number of carbonyl (C=O) groups excluding carboxylic acids is 1. The van der Waals surface area contributed by atoms with Gasteiger partial charge in [-0.25, -0.2) is 4.98 Å². The summed E-state index contributed by atoms with van der Waals surface area (Å²) in [6.45, 7) is 7.15. The standard InChI is InChI=1S/C17H25ClN2O/c1-11(2)15-8-14(9-16(18)20-15)17(21)19-10-13-6-4-5-12(3)7-13/h8-9,11-13H,4-7,10H2,1-3H3,(H,19,21). The van der Waals surface area contributed by atoms with Crippen molar-refractivity contribution in [1.29, 1.82) is 0 Å². The number of aromatic nitrogens is 1. The van der Waals surface area contributed by atoms with E-state index in [0.717, 1.165) is 18.2 Å². The molecule has 0 aromatic carbocycles. The van der Waals surface area contributed by atoms with Gasteiger partial charge in [0.1, 0.15) is 5.15 Å². The lowest BCUT2D eigenvalue weighted by Gasteiger charge is -2.26. The fraction of sp³-hybridized carbons (Fsp3) is 0.647. The Hall–Kier alpha value is -1.09. The second kappa shape index (κ2) is 7.26. The number of pyridine rings is 1. The molecule has 2 atom stereocenters. The molecule has 0 radical (unpaired) electrons. The lowest BCUT2D eigenvalue weighted by molar-refractivity contribution is 0.0940. The highest BCUT2D eigenvalue weighted by molar-refractivity contribution is 6.29. The zero-order valence-electron chi connectivity index (χ0n) is 13.2. The third kappa shape index (κ3) is 4.70. The molecular weight excluding hydrogens is 284 g/mol. The Kier molecular flexibility index (Phi) is 5.63. The van der Waals surface area contributed by atoms with Crippen molar-refractivity contribution in [3.63, 3.8) is 0 Å². The monoisotopic (exact) mass is 308 g/mol. The Morgan fingerprint density at radius 2 is 2.19 bits per heavy atom. The molecule has 1 aliphatic carbocycles. The molecule has 1 aromatic heterocycles. The molecule has 0 saturated heterocycles. The minimum Gasteiger partial charge on any atom is -0.352 e. The predicted octanol–water partition coefficient (Wildman–Crippen LogP) is 4.41. The highest BCUT2D eigenvalue weighted by Crippen LogP contribution is 2.28. The van der Waals surface area contributed by atoms with Crippen LogP contribution in [-0.2, 0) is 0 Å². The average molecular weight is 309 g/mol. The van der Waals surface area contributed by atoms with E-state index in [0.29, 0.717) is 16.6 Å². The van der Waals surface area contributed by atoms with Crippen molar-refractivity contribution in [3.05, 3.63) is 28.5 Å². The van der Waals surface area contributed by atoms with Gasteiger partial charge in [-0.05, 0) is 42.7 Å². The summed E-state index contributed by atoms with van der Waals surface area (Å²) in [6, 6.07) is 3.49. The maximum Gasteiger partial charge on any atom is 0.251 e. The topological polar surface area (TPSA) is 42.0 Å². The number of hydrogen-bond acceptors (Lipinski definition) is 2. The summed E-state index contributed by atoms with van der Waals surface area (Å²) in [5, 5.41) is 3.44. The van der Waals surface area contributed by atoms with E-state index in [9.17, 15) is 4.79 Å². The first-order valence-corrected chi connectivity index (χ1v) is 8.29. The minimum atomic E-state index is -0.0422. The Bertz CT molecular complexity index is 502. The molecule has 3 nitrogen and oxygen atoms in total. The van der Waals surface area contributed by atoms with Gasteiger partial charge in [0.15, 0.2) is 0 Å². The molecule has 1 fully saturated rings. The molecule has 1 aliphatic rings. The number of hydrogen-bond donors (Lipinski definition) is 1. The first-order valence-electron chi connectivity index (χ1n) is 7.91. The van der Waals surface area contributed by atoms with Crippen molar-refractivity contribution >= 4 is 17.5 Å². The van der Waals surface area contributed by atoms with Crippen LogP contribution in [0.1, 0.15) is 68.4 Å². The van der Waals surface area contributed by atoms with Crippen molar-refractivity contribution in [2.75, 3.05) is 6.54 Å². The number of carbonyl (C=O) groups is 1. The van der Waals surface area contributed by atoms with Crippen molar-refractivity contribution in [3.8, 4) is 0 Å². The minimum absolute atomic E-state index is 0.0422. The highest BCUT2D eigenvalue weighted by atomic mass is 35.5. The SMILES string of the molecule is CC1CCCC(CNC(=O)c2cc(Cl)nc(C(C)C)c2)C1. The average Bonchev–Trinajstić information content (AvgIpc) is 2.44. The summed E-state index contributed by atoms with van der Waals surface area (Å²) < 4.78 is 0. The van der Waals surface area contributed by atoms with Crippen LogP contribution >= 0.6 is 11.6 Å². The molecule has 116 valence electrons. The fourth-order valence-corrected chi connectivity index (χ4v) is 3.24. The zero-order chi connectivity index (χ0) is 15.4. The van der Waals surface area contributed by atoms with E-state index in [1.807, 2.05) is 19.9 Å². The maximum atomic E-state index is 12.3. The molecule has 2 unspecified atom stereocenters. The smallest absolute Gasteiger partial charge is 0.251 e. The number of nitrogens with zero attached hydrogens (tertiary/aromatic N) is 1. The Morgan fingerprint density at radius 1 is 1.43 bits per heavy atom. The molecule has 2 rings (SSSR count). The van der Waals surface area contributed by atoms with E-state index in [2.05, 4.69) is 17.2 Å². The number of amides is 1. The van der Waals surface area contributed by atoms with Gasteiger partial charge in [0.2, 0.25) is 0 Å². The molecule has 1 saturated carbocycles. The van der Waals surface area contributed by atoms with E-state index in [1.165, 1.54) is 25.7 Å². The molecule has 4 heteroatoms. The van der Waals surface area contributed by atoms with Crippen molar-refractivity contribution in [2.45, 2.75) is 52.4 Å². The third-order valence-corrected chi connectivity index (χ3v) is 4.46. The number of nitrogens with one attached hydrogen (secondary N) is 1. The van der Waals surface area contributed by atoms with E-state index >= 15 is 0 Å². The van der Waals surface area contributed by atoms with E-state index in [-0.39, 0.29) is 11.8 Å². The maximum absolute atomic E-state index is 12.3. The highest BCUT2D eigenvalue weighted by Gasteiger charge is 2.20. The van der Waals surface area contributed by atoms with Gasteiger partial charge in [-0.1, -0.05) is 45.2 Å². The first kappa shape index (κ1) is 16.3. The Morgan fingerprint density at radius 3 is 2.86 bits per heavy atom. The van der Waals surface area contributed by atoms with Crippen LogP contribution < -0.4 is 5.32 Å². The van der Waals surface area contributed by atoms with Gasteiger partial charge in [0, 0.05) is 17.8 Å². The van der Waals surface area contributed by atoms with Crippen molar-refractivity contribution < 1.29 is 4.79 Å². The predicted molar refractivity (Wildman–Crippen MR) is 86.8 cm³/mol. The van der Waals surface area contributed by atoms with Crippen LogP contribution in [0.25, 0.3) is 0 Å². The third-order valence-electron chi connectivity index (χ3n) is 4.26. The van der Waals surface area contributed by atoms with Crippen LogP contribution in [0.5, 0.6) is 0 Å². The summed E-state index contributed by atoms with van der Waals surface area (Å²) in [7, 11) is 0. The van der Waals surface area contributed by atoms with Gasteiger partial charge >= 0.3 is 0 Å². The second-order valence-corrected chi connectivity index (χ2v) is 6.99. The summed E-state index contributed by atoms with van der Waals surface area (Å²) in [5.41, 5.74) is 1.47. The largest absolute Gasteiger partial charge is 0.352 e. The summed E-state index contributed by atoms with van der Waals surface area (Å²) >= 11 is 6.02. The van der Waals surface area contributed by atoms with Gasteiger partial charge in [-0.3, -0.25) is 4.79 Å². The molecule has 0 bridgehead atoms. The molecule has 1 heterocycles. The second-order valence-electron chi connectivity index (χ2n) is 6.61. The van der Waals surface area contributed by atoms with Gasteiger partial charge in [-0.15, -0.1) is 0 Å². The van der Waals surface area contributed by atoms with Gasteiger partial charge in [0.05, 0.1) is 0 Å². The number of rotatable bonds is 4. The molecule has 21 heavy (non-hydrogen) atoms. The summed E-state index contributed by atoms with van der Waals surface area (Å²) in [4.78, 5) is 16.6. The van der Waals surface area contributed by atoms with Crippen LogP contribution in [0.4, 0.5) is 0 Å². The van der Waals surface area contributed by atoms with Gasteiger partial charge < -0.3 is 5.32 Å². The molecule has 1 aromatic rings. The van der Waals surface area contributed by atoms with Gasteiger partial charge in [-0.2, -0.15) is 0 Å². The van der Waals surface area contributed by atoms with E-state index in [4.69, 9.17) is 11.6 Å². The summed E-state index contributed by atoms with van der Waals surface area (Å²) in [5.74, 6) is 1.61. The van der Waals surface area contributed by atoms with E-state index < -0.39 is 0 Å². The lowest BCUT2D eigenvalue weighted by Crippen LogP contribution is -2.31. The van der Waals surface area contributed by atoms with Crippen molar-refractivity contribution in [1.82, 2.24) is 10.3 Å². The zero-order valence-corrected chi connectivity index (χ0v) is 13.9. The molecule has 0 spiro atoms. The van der Waals surface area contributed by atoms with Crippen LogP contribution in [0.2, 0.25) is 5.15 Å². The van der Waals surface area contributed by atoms with Crippen LogP contribution in [0.15, 0.2) is 12.1 Å². The molecule has 1 N–H and O–H groups in total. The summed E-state index contributed by atoms with van der Waals surface area (Å²) in [6.07, 6.45) is 5.04. The normalized spacial score (nSPS) is 22.3. The van der Waals surface area contributed by atoms with Crippen molar-refractivity contribution in [2.24, 2.45) is 11.8 Å². The van der Waals surface area contributed by atoms with Gasteiger partial charge in [0.25, 0.3) is 5.91 Å². The molecule has 0 aliphatic heterocycles. The van der Waals surface area contributed by atoms with Crippen LogP contribution in [-0.4, -0.2) is 17.4 Å². The molecular formula is C17H25ClN2O. The van der Waals surface area contributed by atoms with Crippen LogP contribution in [0.3, 0.4) is 0 Å². The lowest BCUT2D eigenvalue weighted by atomic mass is 9.82. The molecule has 1 amide bonds. The van der Waals surface area contributed by atoms with E-state index in [1.54, 1.807) is 6.07 Å². The Balaban J connectivity index is 1.96. The first-order chi connectivity index (χ1) is 9.95. The fourth-order valence-electron chi connectivity index (χ4n) is 3.03. The quantitative estimate of drug-likeness (QED) is 0.837.